The molecule has 1 unspecified atom stereocenters. The first-order chi connectivity index (χ1) is 8.97. The van der Waals surface area contributed by atoms with Crippen molar-refractivity contribution >= 4 is 26.8 Å². The van der Waals surface area contributed by atoms with Crippen molar-refractivity contribution < 1.29 is 0 Å². The molecule has 0 aliphatic carbocycles. The van der Waals surface area contributed by atoms with Gasteiger partial charge in [0.2, 0.25) is 0 Å². The molecule has 102 valence electrons. The minimum Gasteiger partial charge on any atom is -0.356 e. The molecule has 1 aromatic carbocycles. The van der Waals surface area contributed by atoms with Gasteiger partial charge in [0.1, 0.15) is 0 Å². The van der Waals surface area contributed by atoms with Gasteiger partial charge in [-0.15, -0.1) is 0 Å². The number of halogens is 1. The summed E-state index contributed by atoms with van der Waals surface area (Å²) in [6.07, 6.45) is 2.48. The summed E-state index contributed by atoms with van der Waals surface area (Å²) < 4.78 is 1.23. The third-order valence-electron chi connectivity index (χ3n) is 4.04. The lowest BCUT2D eigenvalue weighted by atomic mass is 9.86. The maximum Gasteiger partial charge on any atom is 0.0485 e. The molecule has 2 aromatic rings. The summed E-state index contributed by atoms with van der Waals surface area (Å²) >= 11 is 3.79. The van der Waals surface area contributed by atoms with Gasteiger partial charge in [-0.05, 0) is 58.4 Å². The maximum atomic E-state index is 3.79. The van der Waals surface area contributed by atoms with E-state index >= 15 is 0 Å². The molecule has 2 N–H and O–H groups in total. The van der Waals surface area contributed by atoms with E-state index in [2.05, 4.69) is 65.2 Å². The highest BCUT2D eigenvalue weighted by molar-refractivity contribution is 9.10. The first-order valence-electron chi connectivity index (χ1n) is 7.02. The van der Waals surface area contributed by atoms with Gasteiger partial charge in [0.15, 0.2) is 0 Å². The Morgan fingerprint density at radius 2 is 2.05 bits per heavy atom. The number of aromatic nitrogens is 1. The number of H-pyrrole nitrogens is 1. The van der Waals surface area contributed by atoms with Crippen molar-refractivity contribution in [3.63, 3.8) is 0 Å². The Labute approximate surface area is 123 Å². The first kappa shape index (κ1) is 13.2. The molecule has 19 heavy (non-hydrogen) atoms. The molecule has 1 fully saturated rings. The zero-order chi connectivity index (χ0) is 13.6. The summed E-state index contributed by atoms with van der Waals surface area (Å²) in [6, 6.07) is 7.23. The first-order valence-corrected chi connectivity index (χ1v) is 7.81. The molecule has 0 amide bonds. The SMILES string of the molecule is CC(C)(C)c1ccc2[nH]c(C3CCCN3)c(Br)c2c1. The van der Waals surface area contributed by atoms with E-state index in [1.165, 1.54) is 39.5 Å². The number of fused-ring (bicyclic) bond motifs is 1. The number of benzene rings is 1. The van der Waals surface area contributed by atoms with Gasteiger partial charge >= 0.3 is 0 Å². The molecule has 0 radical (unpaired) electrons. The summed E-state index contributed by atoms with van der Waals surface area (Å²) in [5.74, 6) is 0. The Hall–Kier alpha value is -0.800. The zero-order valence-electron chi connectivity index (χ0n) is 11.8. The smallest absolute Gasteiger partial charge is 0.0485 e. The molecule has 2 nitrogen and oxygen atoms in total. The zero-order valence-corrected chi connectivity index (χ0v) is 13.4. The van der Waals surface area contributed by atoms with Crippen LogP contribution >= 0.6 is 15.9 Å². The molecule has 3 heteroatoms. The van der Waals surface area contributed by atoms with E-state index in [-0.39, 0.29) is 5.41 Å². The molecule has 0 bridgehead atoms. The fourth-order valence-electron chi connectivity index (χ4n) is 2.82. The Bertz CT molecular complexity index is 601. The Kier molecular flexibility index (Phi) is 3.22. The van der Waals surface area contributed by atoms with E-state index in [1.807, 2.05) is 0 Å². The molecule has 0 saturated carbocycles. The molecule has 1 aliphatic heterocycles. The van der Waals surface area contributed by atoms with Gasteiger partial charge in [-0.1, -0.05) is 26.8 Å². The normalized spacial score (nSPS) is 20.3. The van der Waals surface area contributed by atoms with Gasteiger partial charge in [0.25, 0.3) is 0 Å². The summed E-state index contributed by atoms with van der Waals surface area (Å²) in [5, 5.41) is 4.86. The van der Waals surface area contributed by atoms with Crippen LogP contribution in [0.1, 0.15) is 50.9 Å². The van der Waals surface area contributed by atoms with Crippen LogP contribution < -0.4 is 5.32 Å². The van der Waals surface area contributed by atoms with Crippen LogP contribution in [0.4, 0.5) is 0 Å². The highest BCUT2D eigenvalue weighted by Gasteiger charge is 2.23. The van der Waals surface area contributed by atoms with Crippen LogP contribution in [0.2, 0.25) is 0 Å². The van der Waals surface area contributed by atoms with E-state index < -0.39 is 0 Å². The molecule has 0 spiro atoms. The van der Waals surface area contributed by atoms with Crippen LogP contribution in [0.3, 0.4) is 0 Å². The largest absolute Gasteiger partial charge is 0.356 e. The summed E-state index contributed by atoms with van der Waals surface area (Å²) in [4.78, 5) is 3.58. The van der Waals surface area contributed by atoms with E-state index in [1.54, 1.807) is 0 Å². The minimum absolute atomic E-state index is 0.191. The lowest BCUT2D eigenvalue weighted by molar-refractivity contribution is 0.591. The van der Waals surface area contributed by atoms with Gasteiger partial charge < -0.3 is 10.3 Å². The van der Waals surface area contributed by atoms with Crippen molar-refractivity contribution in [2.75, 3.05) is 6.54 Å². The standard InChI is InChI=1S/C16H21BrN2/c1-16(2,3)10-6-7-12-11(9-10)14(17)15(19-12)13-5-4-8-18-13/h6-7,9,13,18-19H,4-5,8H2,1-3H3. The van der Waals surface area contributed by atoms with E-state index in [9.17, 15) is 0 Å². The number of nitrogens with one attached hydrogen (secondary N) is 2. The summed E-state index contributed by atoms with van der Waals surface area (Å²) in [6.45, 7) is 7.90. The molecule has 1 aliphatic rings. The van der Waals surface area contributed by atoms with Crippen molar-refractivity contribution in [3.05, 3.63) is 33.9 Å². The van der Waals surface area contributed by atoms with Crippen molar-refractivity contribution in [1.29, 1.82) is 0 Å². The molecular formula is C16H21BrN2. The average Bonchev–Trinajstić information content (AvgIpc) is 2.96. The van der Waals surface area contributed by atoms with Crippen molar-refractivity contribution in [3.8, 4) is 0 Å². The second-order valence-corrected chi connectivity index (χ2v) is 7.30. The highest BCUT2D eigenvalue weighted by atomic mass is 79.9. The fourth-order valence-corrected chi connectivity index (χ4v) is 3.52. The monoisotopic (exact) mass is 320 g/mol. The van der Waals surface area contributed by atoms with Gasteiger partial charge in [-0.2, -0.15) is 0 Å². The summed E-state index contributed by atoms with van der Waals surface area (Å²) in [7, 11) is 0. The van der Waals surface area contributed by atoms with Crippen molar-refractivity contribution in [1.82, 2.24) is 10.3 Å². The van der Waals surface area contributed by atoms with Gasteiger partial charge in [-0.25, -0.2) is 0 Å². The Balaban J connectivity index is 2.10. The lowest BCUT2D eigenvalue weighted by Crippen LogP contribution is -2.13. The predicted octanol–water partition coefficient (Wildman–Crippen LogP) is 4.65. The molecule has 1 aromatic heterocycles. The Morgan fingerprint density at radius 3 is 2.68 bits per heavy atom. The van der Waals surface area contributed by atoms with Crippen molar-refractivity contribution in [2.45, 2.75) is 45.1 Å². The maximum absolute atomic E-state index is 3.79. The number of rotatable bonds is 1. The highest BCUT2D eigenvalue weighted by Crippen LogP contribution is 2.36. The van der Waals surface area contributed by atoms with Crippen LogP contribution in [0.15, 0.2) is 22.7 Å². The summed E-state index contributed by atoms with van der Waals surface area (Å²) in [5.41, 5.74) is 4.10. The van der Waals surface area contributed by atoms with Gasteiger partial charge in [0, 0.05) is 27.1 Å². The quantitative estimate of drug-likeness (QED) is 0.786. The molecular weight excluding hydrogens is 300 g/mol. The van der Waals surface area contributed by atoms with Crippen LogP contribution in [0.25, 0.3) is 10.9 Å². The third-order valence-corrected chi connectivity index (χ3v) is 4.89. The second-order valence-electron chi connectivity index (χ2n) is 6.51. The predicted molar refractivity (Wildman–Crippen MR) is 84.7 cm³/mol. The van der Waals surface area contributed by atoms with Crippen LogP contribution in [-0.4, -0.2) is 11.5 Å². The lowest BCUT2D eigenvalue weighted by Gasteiger charge is -2.18. The number of hydrogen-bond donors (Lipinski definition) is 2. The van der Waals surface area contributed by atoms with Crippen LogP contribution in [0.5, 0.6) is 0 Å². The molecule has 1 saturated heterocycles. The molecule has 3 rings (SSSR count). The number of aromatic amines is 1. The average molecular weight is 321 g/mol. The Morgan fingerprint density at radius 1 is 1.26 bits per heavy atom. The van der Waals surface area contributed by atoms with Gasteiger partial charge in [0.05, 0.1) is 0 Å². The van der Waals surface area contributed by atoms with Gasteiger partial charge in [-0.3, -0.25) is 0 Å². The fraction of sp³-hybridized carbons (Fsp3) is 0.500. The third kappa shape index (κ3) is 2.34. The number of hydrogen-bond acceptors (Lipinski definition) is 1. The minimum atomic E-state index is 0.191. The van der Waals surface area contributed by atoms with Crippen LogP contribution in [0, 0.1) is 0 Å². The van der Waals surface area contributed by atoms with E-state index in [4.69, 9.17) is 0 Å². The molecule has 2 heterocycles. The van der Waals surface area contributed by atoms with E-state index in [0.717, 1.165) is 6.54 Å². The topological polar surface area (TPSA) is 27.8 Å². The van der Waals surface area contributed by atoms with Crippen LogP contribution in [-0.2, 0) is 5.41 Å². The second kappa shape index (κ2) is 4.64. The van der Waals surface area contributed by atoms with E-state index in [0.29, 0.717) is 6.04 Å². The van der Waals surface area contributed by atoms with Crippen molar-refractivity contribution in [2.24, 2.45) is 0 Å². The molecule has 1 atom stereocenters.